The van der Waals surface area contributed by atoms with Crippen LogP contribution in [-0.2, 0) is 13.1 Å². The van der Waals surface area contributed by atoms with E-state index in [0.29, 0.717) is 25.3 Å². The molecule has 0 saturated carbocycles. The molecular weight excluding hydrogens is 254 g/mol. The number of nitrogens with zero attached hydrogens (tertiary/aromatic N) is 4. The van der Waals surface area contributed by atoms with Crippen LogP contribution < -0.4 is 5.73 Å². The summed E-state index contributed by atoms with van der Waals surface area (Å²) in [7, 11) is 1.76. The summed E-state index contributed by atoms with van der Waals surface area (Å²) in [6, 6.07) is 8.01. The summed E-state index contributed by atoms with van der Waals surface area (Å²) in [6.07, 6.45) is 1.63. The van der Waals surface area contributed by atoms with Crippen LogP contribution in [0.1, 0.15) is 21.6 Å². The largest absolute Gasteiger partial charge is 0.336 e. The van der Waals surface area contributed by atoms with E-state index in [1.54, 1.807) is 22.8 Å². The smallest absolute Gasteiger partial charge is 0.276 e. The average molecular weight is 273 g/mol. The van der Waals surface area contributed by atoms with E-state index in [-0.39, 0.29) is 5.91 Å². The lowest BCUT2D eigenvalue weighted by Crippen LogP contribution is -2.26. The van der Waals surface area contributed by atoms with Crippen LogP contribution in [0, 0.1) is 6.92 Å². The number of carbonyl (C=O) groups is 1. The molecule has 106 valence electrons. The van der Waals surface area contributed by atoms with Crippen LogP contribution in [0.2, 0.25) is 0 Å². The Hall–Kier alpha value is -2.21. The third kappa shape index (κ3) is 3.21. The maximum Gasteiger partial charge on any atom is 0.276 e. The van der Waals surface area contributed by atoms with Crippen LogP contribution in [-0.4, -0.2) is 39.4 Å². The van der Waals surface area contributed by atoms with Crippen molar-refractivity contribution in [3.63, 3.8) is 0 Å². The van der Waals surface area contributed by atoms with Crippen LogP contribution in [0.15, 0.2) is 30.5 Å². The fourth-order valence-electron chi connectivity index (χ4n) is 1.95. The summed E-state index contributed by atoms with van der Waals surface area (Å²) in [6.45, 7) is 3.61. The second-order valence-corrected chi connectivity index (χ2v) is 4.74. The van der Waals surface area contributed by atoms with Gasteiger partial charge in [0.2, 0.25) is 0 Å². The number of rotatable bonds is 5. The normalized spacial score (nSPS) is 10.6. The molecular formula is C14H19N5O. The zero-order chi connectivity index (χ0) is 14.5. The number of aromatic nitrogens is 3. The van der Waals surface area contributed by atoms with E-state index in [2.05, 4.69) is 10.3 Å². The van der Waals surface area contributed by atoms with E-state index in [1.807, 2.05) is 31.2 Å². The van der Waals surface area contributed by atoms with Gasteiger partial charge in [0.15, 0.2) is 5.69 Å². The molecule has 2 rings (SSSR count). The maximum atomic E-state index is 12.3. The number of hydrogen-bond donors (Lipinski definition) is 1. The van der Waals surface area contributed by atoms with Gasteiger partial charge in [-0.1, -0.05) is 29.5 Å². The van der Waals surface area contributed by atoms with E-state index < -0.39 is 0 Å². The van der Waals surface area contributed by atoms with Gasteiger partial charge in [0.05, 0.1) is 12.7 Å². The van der Waals surface area contributed by atoms with Crippen LogP contribution in [0.25, 0.3) is 0 Å². The maximum absolute atomic E-state index is 12.3. The molecule has 0 fully saturated rings. The number of aryl methyl sites for hydroxylation is 1. The second-order valence-electron chi connectivity index (χ2n) is 4.74. The highest BCUT2D eigenvalue weighted by molar-refractivity contribution is 5.91. The molecule has 2 N–H and O–H groups in total. The number of hydrogen-bond acceptors (Lipinski definition) is 4. The quantitative estimate of drug-likeness (QED) is 0.875. The lowest BCUT2D eigenvalue weighted by molar-refractivity contribution is 0.0779. The van der Waals surface area contributed by atoms with Gasteiger partial charge in [0.1, 0.15) is 0 Å². The number of amides is 1. The van der Waals surface area contributed by atoms with E-state index in [0.717, 1.165) is 5.56 Å². The van der Waals surface area contributed by atoms with Gasteiger partial charge in [-0.3, -0.25) is 9.48 Å². The minimum Gasteiger partial charge on any atom is -0.336 e. The van der Waals surface area contributed by atoms with Crippen molar-refractivity contribution in [1.82, 2.24) is 19.9 Å². The highest BCUT2D eigenvalue weighted by Crippen LogP contribution is 2.11. The predicted molar refractivity (Wildman–Crippen MR) is 76.1 cm³/mol. The van der Waals surface area contributed by atoms with Gasteiger partial charge < -0.3 is 10.6 Å². The topological polar surface area (TPSA) is 77.0 Å². The molecule has 0 aliphatic carbocycles. The third-order valence-electron chi connectivity index (χ3n) is 3.13. The molecule has 1 amide bonds. The molecule has 20 heavy (non-hydrogen) atoms. The lowest BCUT2D eigenvalue weighted by Gasteiger charge is -2.17. The van der Waals surface area contributed by atoms with Gasteiger partial charge in [0, 0.05) is 20.1 Å². The van der Waals surface area contributed by atoms with E-state index >= 15 is 0 Å². The van der Waals surface area contributed by atoms with Crippen molar-refractivity contribution >= 4 is 5.91 Å². The predicted octanol–water partition coefficient (Wildman–Crippen LogP) is 0.817. The number of nitrogens with two attached hydrogens (primary N) is 1. The molecule has 1 heterocycles. The van der Waals surface area contributed by atoms with Gasteiger partial charge in [0.25, 0.3) is 5.91 Å². The zero-order valence-corrected chi connectivity index (χ0v) is 11.8. The average Bonchev–Trinajstić information content (AvgIpc) is 2.89. The first kappa shape index (κ1) is 14.2. The Balaban J connectivity index is 2.06. The summed E-state index contributed by atoms with van der Waals surface area (Å²) in [5.41, 5.74) is 8.07. The Labute approximate surface area is 118 Å². The molecule has 0 aliphatic heterocycles. The number of carbonyl (C=O) groups excluding carboxylic acids is 1. The highest BCUT2D eigenvalue weighted by Gasteiger charge is 2.16. The summed E-state index contributed by atoms with van der Waals surface area (Å²) in [5.74, 6) is -0.142. The van der Waals surface area contributed by atoms with Crippen molar-refractivity contribution in [3.8, 4) is 0 Å². The Morgan fingerprint density at radius 3 is 2.85 bits per heavy atom. The molecule has 2 aromatic rings. The molecule has 0 radical (unpaired) electrons. The monoisotopic (exact) mass is 273 g/mol. The minimum atomic E-state index is -0.142. The standard InChI is InChI=1S/C14H19N5O/c1-11-5-3-4-6-12(11)9-18(2)14(20)13-10-19(8-7-15)17-16-13/h3-6,10H,7-9,15H2,1-2H3. The third-order valence-corrected chi connectivity index (χ3v) is 3.13. The van der Waals surface area contributed by atoms with Crippen LogP contribution in [0.5, 0.6) is 0 Å². The molecule has 6 heteroatoms. The van der Waals surface area contributed by atoms with E-state index in [1.165, 1.54) is 5.56 Å². The van der Waals surface area contributed by atoms with Crippen LogP contribution in [0.3, 0.4) is 0 Å². The Morgan fingerprint density at radius 1 is 1.40 bits per heavy atom. The summed E-state index contributed by atoms with van der Waals surface area (Å²) in [4.78, 5) is 13.9. The zero-order valence-electron chi connectivity index (χ0n) is 11.8. The molecule has 1 aromatic carbocycles. The van der Waals surface area contributed by atoms with Crippen molar-refractivity contribution in [1.29, 1.82) is 0 Å². The summed E-state index contributed by atoms with van der Waals surface area (Å²) < 4.78 is 1.58. The van der Waals surface area contributed by atoms with Crippen LogP contribution in [0.4, 0.5) is 0 Å². The first-order chi connectivity index (χ1) is 9.61. The highest BCUT2D eigenvalue weighted by atomic mass is 16.2. The van der Waals surface area contributed by atoms with Crippen molar-refractivity contribution in [3.05, 3.63) is 47.3 Å². The first-order valence-corrected chi connectivity index (χ1v) is 6.52. The van der Waals surface area contributed by atoms with Crippen molar-refractivity contribution in [2.75, 3.05) is 13.6 Å². The van der Waals surface area contributed by atoms with Gasteiger partial charge >= 0.3 is 0 Å². The molecule has 0 spiro atoms. The fraction of sp³-hybridized carbons (Fsp3) is 0.357. The molecule has 0 bridgehead atoms. The fourth-order valence-corrected chi connectivity index (χ4v) is 1.95. The van der Waals surface area contributed by atoms with Crippen molar-refractivity contribution in [2.24, 2.45) is 5.73 Å². The van der Waals surface area contributed by atoms with Gasteiger partial charge in [-0.25, -0.2) is 0 Å². The van der Waals surface area contributed by atoms with Gasteiger partial charge in [-0.05, 0) is 18.1 Å². The molecule has 1 aromatic heterocycles. The molecule has 0 aliphatic rings. The molecule has 0 atom stereocenters. The van der Waals surface area contributed by atoms with Gasteiger partial charge in [-0.15, -0.1) is 5.10 Å². The second kappa shape index (κ2) is 6.29. The minimum absolute atomic E-state index is 0.142. The Bertz CT molecular complexity index is 593. The van der Waals surface area contributed by atoms with Gasteiger partial charge in [-0.2, -0.15) is 0 Å². The van der Waals surface area contributed by atoms with E-state index in [4.69, 9.17) is 5.73 Å². The van der Waals surface area contributed by atoms with Crippen molar-refractivity contribution in [2.45, 2.75) is 20.0 Å². The lowest BCUT2D eigenvalue weighted by atomic mass is 10.1. The summed E-state index contributed by atoms with van der Waals surface area (Å²) in [5, 5.41) is 7.76. The Morgan fingerprint density at radius 2 is 2.15 bits per heavy atom. The molecule has 6 nitrogen and oxygen atoms in total. The number of benzene rings is 1. The van der Waals surface area contributed by atoms with Crippen molar-refractivity contribution < 1.29 is 4.79 Å². The van der Waals surface area contributed by atoms with Crippen LogP contribution >= 0.6 is 0 Å². The SMILES string of the molecule is Cc1ccccc1CN(C)C(=O)c1cn(CCN)nn1. The molecule has 0 saturated heterocycles. The summed E-state index contributed by atoms with van der Waals surface area (Å²) >= 11 is 0. The first-order valence-electron chi connectivity index (χ1n) is 6.52. The molecule has 0 unspecified atom stereocenters. The van der Waals surface area contributed by atoms with E-state index in [9.17, 15) is 4.79 Å². The Kier molecular flexibility index (Phi) is 4.47.